The standard InChI is InChI=1S/C15H20N2O3/c1-11-5-3-4-6-13(11)14(18)10-17-8-7-12(9-17)16-15(19)20-2/h3-6,12H,7-10H2,1-2H3,(H,16,19). The van der Waals surface area contributed by atoms with Crippen LogP contribution in [-0.2, 0) is 4.74 Å². The van der Waals surface area contributed by atoms with Crippen LogP contribution in [-0.4, -0.2) is 49.6 Å². The normalized spacial score (nSPS) is 18.8. The Bertz CT molecular complexity index is 502. The monoisotopic (exact) mass is 276 g/mol. The van der Waals surface area contributed by atoms with E-state index in [1.165, 1.54) is 7.11 Å². The predicted octanol–water partition coefficient (Wildman–Crippen LogP) is 1.61. The van der Waals surface area contributed by atoms with Crippen LogP contribution < -0.4 is 5.32 Å². The van der Waals surface area contributed by atoms with Gasteiger partial charge in [-0.15, -0.1) is 0 Å². The molecule has 1 fully saturated rings. The number of nitrogens with one attached hydrogen (secondary N) is 1. The second-order valence-electron chi connectivity index (χ2n) is 5.09. The highest BCUT2D eigenvalue weighted by molar-refractivity contribution is 5.98. The quantitative estimate of drug-likeness (QED) is 0.849. The molecule has 1 aliphatic heterocycles. The summed E-state index contributed by atoms with van der Waals surface area (Å²) >= 11 is 0. The van der Waals surface area contributed by atoms with Gasteiger partial charge in [0.1, 0.15) is 0 Å². The summed E-state index contributed by atoms with van der Waals surface area (Å²) in [7, 11) is 1.35. The summed E-state index contributed by atoms with van der Waals surface area (Å²) < 4.78 is 4.58. The van der Waals surface area contributed by atoms with E-state index < -0.39 is 6.09 Å². The molecule has 1 saturated heterocycles. The van der Waals surface area contributed by atoms with E-state index in [0.717, 1.165) is 24.1 Å². The third kappa shape index (κ3) is 3.57. The Kier molecular flexibility index (Phi) is 4.74. The number of nitrogens with zero attached hydrogens (tertiary/aromatic N) is 1. The first kappa shape index (κ1) is 14.5. The molecule has 0 aromatic heterocycles. The lowest BCUT2D eigenvalue weighted by Crippen LogP contribution is -2.38. The molecule has 0 aliphatic carbocycles. The smallest absolute Gasteiger partial charge is 0.407 e. The number of alkyl carbamates (subject to hydrolysis) is 1. The van der Waals surface area contributed by atoms with E-state index in [-0.39, 0.29) is 11.8 Å². The molecule has 1 aromatic rings. The molecule has 1 N–H and O–H groups in total. The van der Waals surface area contributed by atoms with Gasteiger partial charge >= 0.3 is 6.09 Å². The van der Waals surface area contributed by atoms with E-state index in [1.807, 2.05) is 31.2 Å². The number of amides is 1. The molecule has 0 bridgehead atoms. The lowest BCUT2D eigenvalue weighted by Gasteiger charge is -2.16. The van der Waals surface area contributed by atoms with Crippen molar-refractivity contribution in [3.8, 4) is 0 Å². The maximum absolute atomic E-state index is 12.3. The van der Waals surface area contributed by atoms with Crippen molar-refractivity contribution in [1.82, 2.24) is 10.2 Å². The van der Waals surface area contributed by atoms with E-state index >= 15 is 0 Å². The van der Waals surface area contributed by atoms with Crippen LogP contribution in [0.3, 0.4) is 0 Å². The Hall–Kier alpha value is -1.88. The SMILES string of the molecule is COC(=O)NC1CCN(CC(=O)c2ccccc2C)C1. The zero-order valence-corrected chi connectivity index (χ0v) is 11.9. The molecular formula is C15H20N2O3. The van der Waals surface area contributed by atoms with Gasteiger partial charge in [0.05, 0.1) is 13.7 Å². The zero-order valence-electron chi connectivity index (χ0n) is 11.9. The molecule has 5 nitrogen and oxygen atoms in total. The van der Waals surface area contributed by atoms with Crippen LogP contribution in [0.15, 0.2) is 24.3 Å². The lowest BCUT2D eigenvalue weighted by atomic mass is 10.0. The van der Waals surface area contributed by atoms with Crippen LogP contribution in [0.2, 0.25) is 0 Å². The Balaban J connectivity index is 1.88. The van der Waals surface area contributed by atoms with Gasteiger partial charge in [-0.05, 0) is 18.9 Å². The summed E-state index contributed by atoms with van der Waals surface area (Å²) in [6, 6.07) is 7.67. The molecule has 1 atom stereocenters. The molecule has 1 unspecified atom stereocenters. The Labute approximate surface area is 118 Å². The van der Waals surface area contributed by atoms with Gasteiger partial charge in [-0.25, -0.2) is 4.79 Å². The summed E-state index contributed by atoms with van der Waals surface area (Å²) in [6.07, 6.45) is 0.429. The number of benzene rings is 1. The second kappa shape index (κ2) is 6.52. The van der Waals surface area contributed by atoms with Crippen molar-refractivity contribution in [3.05, 3.63) is 35.4 Å². The first-order valence-corrected chi connectivity index (χ1v) is 6.76. The maximum atomic E-state index is 12.3. The van der Waals surface area contributed by atoms with Crippen LogP contribution >= 0.6 is 0 Å². The molecule has 2 rings (SSSR count). The fourth-order valence-corrected chi connectivity index (χ4v) is 2.49. The highest BCUT2D eigenvalue weighted by Gasteiger charge is 2.25. The average molecular weight is 276 g/mol. The molecule has 1 heterocycles. The third-order valence-corrected chi connectivity index (χ3v) is 3.59. The maximum Gasteiger partial charge on any atom is 0.407 e. The van der Waals surface area contributed by atoms with E-state index in [9.17, 15) is 9.59 Å². The minimum atomic E-state index is -0.415. The molecule has 1 aromatic carbocycles. The van der Waals surface area contributed by atoms with Gasteiger partial charge in [0.15, 0.2) is 5.78 Å². The molecule has 1 amide bonds. The molecular weight excluding hydrogens is 256 g/mol. The number of ketones is 1. The number of carbonyl (C=O) groups is 2. The Morgan fingerprint density at radius 2 is 2.15 bits per heavy atom. The topological polar surface area (TPSA) is 58.6 Å². The Morgan fingerprint density at radius 1 is 1.40 bits per heavy atom. The molecule has 0 spiro atoms. The van der Waals surface area contributed by atoms with Crippen LogP contribution in [0, 0.1) is 6.92 Å². The highest BCUT2D eigenvalue weighted by Crippen LogP contribution is 2.13. The number of Topliss-reactive ketones (excluding diaryl/α,β-unsaturated/α-hetero) is 1. The molecule has 0 radical (unpaired) electrons. The van der Waals surface area contributed by atoms with Crippen molar-refractivity contribution in [3.63, 3.8) is 0 Å². The minimum Gasteiger partial charge on any atom is -0.453 e. The first-order chi connectivity index (χ1) is 9.60. The van der Waals surface area contributed by atoms with Crippen LogP contribution in [0.5, 0.6) is 0 Å². The molecule has 1 aliphatic rings. The number of hydrogen-bond donors (Lipinski definition) is 1. The average Bonchev–Trinajstić information content (AvgIpc) is 2.86. The summed E-state index contributed by atoms with van der Waals surface area (Å²) in [5, 5.41) is 2.77. The van der Waals surface area contributed by atoms with Crippen molar-refractivity contribution in [2.24, 2.45) is 0 Å². The van der Waals surface area contributed by atoms with Gasteiger partial charge in [0.2, 0.25) is 0 Å². The number of rotatable bonds is 4. The van der Waals surface area contributed by atoms with Gasteiger partial charge in [-0.3, -0.25) is 9.69 Å². The minimum absolute atomic E-state index is 0.0621. The number of methoxy groups -OCH3 is 1. The van der Waals surface area contributed by atoms with Crippen molar-refractivity contribution in [2.75, 3.05) is 26.7 Å². The van der Waals surface area contributed by atoms with Gasteiger partial charge in [0, 0.05) is 24.7 Å². The Morgan fingerprint density at radius 3 is 2.85 bits per heavy atom. The lowest BCUT2D eigenvalue weighted by molar-refractivity contribution is 0.0943. The van der Waals surface area contributed by atoms with E-state index in [4.69, 9.17) is 0 Å². The molecule has 5 heteroatoms. The van der Waals surface area contributed by atoms with Crippen LogP contribution in [0.1, 0.15) is 22.3 Å². The summed E-state index contributed by atoms with van der Waals surface area (Å²) in [4.78, 5) is 25.5. The van der Waals surface area contributed by atoms with Gasteiger partial charge < -0.3 is 10.1 Å². The zero-order chi connectivity index (χ0) is 14.5. The fourth-order valence-electron chi connectivity index (χ4n) is 2.49. The first-order valence-electron chi connectivity index (χ1n) is 6.76. The largest absolute Gasteiger partial charge is 0.453 e. The fraction of sp³-hybridized carbons (Fsp3) is 0.467. The summed E-state index contributed by atoms with van der Waals surface area (Å²) in [5.74, 6) is 0.127. The van der Waals surface area contributed by atoms with Crippen LogP contribution in [0.4, 0.5) is 4.79 Å². The predicted molar refractivity (Wildman–Crippen MR) is 75.9 cm³/mol. The summed E-state index contributed by atoms with van der Waals surface area (Å²) in [5.41, 5.74) is 1.78. The second-order valence-corrected chi connectivity index (χ2v) is 5.09. The van der Waals surface area contributed by atoms with Crippen molar-refractivity contribution in [1.29, 1.82) is 0 Å². The van der Waals surface area contributed by atoms with E-state index in [2.05, 4.69) is 15.0 Å². The van der Waals surface area contributed by atoms with Gasteiger partial charge in [0.25, 0.3) is 0 Å². The molecule has 20 heavy (non-hydrogen) atoms. The van der Waals surface area contributed by atoms with E-state index in [1.54, 1.807) is 0 Å². The number of carbonyl (C=O) groups excluding carboxylic acids is 2. The molecule has 108 valence electrons. The van der Waals surface area contributed by atoms with Crippen molar-refractivity contribution in [2.45, 2.75) is 19.4 Å². The van der Waals surface area contributed by atoms with Crippen LogP contribution in [0.25, 0.3) is 0 Å². The van der Waals surface area contributed by atoms with Gasteiger partial charge in [-0.1, -0.05) is 24.3 Å². The number of likely N-dealkylation sites (tertiary alicyclic amines) is 1. The number of ether oxygens (including phenoxy) is 1. The number of aryl methyl sites for hydroxylation is 1. The highest BCUT2D eigenvalue weighted by atomic mass is 16.5. The van der Waals surface area contributed by atoms with E-state index in [0.29, 0.717) is 13.1 Å². The number of hydrogen-bond acceptors (Lipinski definition) is 4. The summed E-state index contributed by atoms with van der Waals surface area (Å²) in [6.45, 7) is 3.84. The van der Waals surface area contributed by atoms with Crippen molar-refractivity contribution >= 4 is 11.9 Å². The molecule has 0 saturated carbocycles. The van der Waals surface area contributed by atoms with Gasteiger partial charge in [-0.2, -0.15) is 0 Å². The van der Waals surface area contributed by atoms with Crippen molar-refractivity contribution < 1.29 is 14.3 Å². The third-order valence-electron chi connectivity index (χ3n) is 3.59.